The van der Waals surface area contributed by atoms with Crippen molar-refractivity contribution < 1.29 is 5.11 Å². The summed E-state index contributed by atoms with van der Waals surface area (Å²) < 4.78 is 0. The van der Waals surface area contributed by atoms with E-state index in [-0.39, 0.29) is 0 Å². The molecule has 1 aliphatic rings. The Morgan fingerprint density at radius 3 is 2.88 bits per heavy atom. The van der Waals surface area contributed by atoms with Crippen molar-refractivity contribution in [2.45, 2.75) is 25.5 Å². The van der Waals surface area contributed by atoms with E-state index < -0.39 is 5.72 Å². The fourth-order valence-corrected chi connectivity index (χ4v) is 3.00. The van der Waals surface area contributed by atoms with Crippen LogP contribution in [0, 0.1) is 0 Å². The van der Waals surface area contributed by atoms with Gasteiger partial charge in [0, 0.05) is 37.8 Å². The van der Waals surface area contributed by atoms with Gasteiger partial charge in [0.15, 0.2) is 5.72 Å². The van der Waals surface area contributed by atoms with Gasteiger partial charge >= 0.3 is 0 Å². The van der Waals surface area contributed by atoms with E-state index in [0.717, 1.165) is 44.0 Å². The summed E-state index contributed by atoms with van der Waals surface area (Å²) in [4.78, 5) is 6.43. The zero-order valence-corrected chi connectivity index (χ0v) is 10.5. The van der Waals surface area contributed by atoms with Gasteiger partial charge in [0.25, 0.3) is 0 Å². The van der Waals surface area contributed by atoms with Gasteiger partial charge in [-0.15, -0.1) is 11.3 Å². The van der Waals surface area contributed by atoms with Crippen LogP contribution in [0.1, 0.15) is 24.8 Å². The molecule has 1 fully saturated rings. The Morgan fingerprint density at radius 1 is 1.56 bits per heavy atom. The maximum Gasteiger partial charge on any atom is 0.171 e. The quantitative estimate of drug-likeness (QED) is 0.825. The molecule has 1 saturated heterocycles. The molecule has 1 aromatic heterocycles. The molecule has 1 aromatic rings. The second-order valence-electron chi connectivity index (χ2n) is 4.14. The molecule has 2 rings (SSSR count). The number of hydrogen-bond acceptors (Lipinski definition) is 5. The molecule has 5 heteroatoms. The van der Waals surface area contributed by atoms with Crippen LogP contribution in [-0.2, 0) is 5.72 Å². The first-order chi connectivity index (χ1) is 7.77. The highest BCUT2D eigenvalue weighted by molar-refractivity contribution is 7.09. The average Bonchev–Trinajstić information content (AvgIpc) is 2.84. The van der Waals surface area contributed by atoms with Crippen LogP contribution in [0.15, 0.2) is 11.6 Å². The predicted octanol–water partition coefficient (Wildman–Crippen LogP) is 0.993. The van der Waals surface area contributed by atoms with Gasteiger partial charge < -0.3 is 10.4 Å². The van der Waals surface area contributed by atoms with Gasteiger partial charge in [-0.3, -0.25) is 4.90 Å². The van der Waals surface area contributed by atoms with E-state index in [1.807, 2.05) is 5.38 Å². The van der Waals surface area contributed by atoms with Crippen molar-refractivity contribution in [3.8, 4) is 0 Å². The van der Waals surface area contributed by atoms with Gasteiger partial charge in [-0.05, 0) is 6.42 Å². The topological polar surface area (TPSA) is 48.4 Å². The first-order valence-electron chi connectivity index (χ1n) is 5.85. The normalized spacial score (nSPS) is 21.9. The zero-order valence-electron chi connectivity index (χ0n) is 9.65. The van der Waals surface area contributed by atoms with Crippen molar-refractivity contribution in [1.29, 1.82) is 0 Å². The molecule has 16 heavy (non-hydrogen) atoms. The van der Waals surface area contributed by atoms with Crippen LogP contribution in [0.25, 0.3) is 0 Å². The van der Waals surface area contributed by atoms with E-state index in [1.54, 1.807) is 17.5 Å². The molecule has 0 aromatic carbocycles. The Morgan fingerprint density at radius 2 is 2.31 bits per heavy atom. The molecule has 4 nitrogen and oxygen atoms in total. The largest absolute Gasteiger partial charge is 0.369 e. The lowest BCUT2D eigenvalue weighted by Crippen LogP contribution is -2.54. The lowest BCUT2D eigenvalue weighted by molar-refractivity contribution is -0.127. The van der Waals surface area contributed by atoms with Gasteiger partial charge in [0.1, 0.15) is 5.01 Å². The van der Waals surface area contributed by atoms with Crippen molar-refractivity contribution in [2.75, 3.05) is 26.2 Å². The van der Waals surface area contributed by atoms with Crippen molar-refractivity contribution in [3.63, 3.8) is 0 Å². The summed E-state index contributed by atoms with van der Waals surface area (Å²) >= 11 is 1.54. The summed E-state index contributed by atoms with van der Waals surface area (Å²) in [7, 11) is 0. The van der Waals surface area contributed by atoms with Crippen LogP contribution in [0.3, 0.4) is 0 Å². The van der Waals surface area contributed by atoms with Gasteiger partial charge in [-0.2, -0.15) is 0 Å². The third-order valence-corrected chi connectivity index (χ3v) is 3.93. The van der Waals surface area contributed by atoms with Crippen molar-refractivity contribution in [3.05, 3.63) is 16.6 Å². The molecule has 2 heterocycles. The third kappa shape index (κ3) is 2.27. The Kier molecular flexibility index (Phi) is 3.91. The Bertz CT molecular complexity index is 311. The van der Waals surface area contributed by atoms with E-state index in [0.29, 0.717) is 0 Å². The molecule has 0 amide bonds. The first-order valence-corrected chi connectivity index (χ1v) is 6.73. The predicted molar refractivity (Wildman–Crippen MR) is 65.4 cm³/mol. The summed E-state index contributed by atoms with van der Waals surface area (Å²) in [6.07, 6.45) is 3.48. The molecule has 1 aliphatic heterocycles. The number of piperazine rings is 1. The van der Waals surface area contributed by atoms with E-state index in [1.165, 1.54) is 0 Å². The number of aliphatic hydroxyl groups is 1. The smallest absolute Gasteiger partial charge is 0.171 e. The van der Waals surface area contributed by atoms with Crippen LogP contribution < -0.4 is 5.32 Å². The van der Waals surface area contributed by atoms with E-state index in [2.05, 4.69) is 22.1 Å². The lowest BCUT2D eigenvalue weighted by atomic mass is 10.1. The van der Waals surface area contributed by atoms with Crippen molar-refractivity contribution in [1.82, 2.24) is 15.2 Å². The summed E-state index contributed by atoms with van der Waals surface area (Å²) in [5.41, 5.74) is -0.856. The van der Waals surface area contributed by atoms with Crippen molar-refractivity contribution in [2.24, 2.45) is 0 Å². The maximum atomic E-state index is 10.8. The second kappa shape index (κ2) is 5.23. The second-order valence-corrected chi connectivity index (χ2v) is 5.04. The molecule has 0 bridgehead atoms. The van der Waals surface area contributed by atoms with Crippen LogP contribution in [0.4, 0.5) is 0 Å². The minimum Gasteiger partial charge on any atom is -0.369 e. The van der Waals surface area contributed by atoms with E-state index in [9.17, 15) is 5.11 Å². The molecule has 0 aliphatic carbocycles. The van der Waals surface area contributed by atoms with Crippen LogP contribution in [0.5, 0.6) is 0 Å². The molecule has 0 saturated carbocycles. The fourth-order valence-electron chi connectivity index (χ4n) is 2.20. The minimum absolute atomic E-state index is 0.751. The summed E-state index contributed by atoms with van der Waals surface area (Å²) in [5.74, 6) is 0. The molecule has 0 spiro atoms. The minimum atomic E-state index is -0.856. The van der Waals surface area contributed by atoms with E-state index in [4.69, 9.17) is 0 Å². The number of rotatable bonds is 4. The van der Waals surface area contributed by atoms with E-state index >= 15 is 0 Å². The number of nitrogens with one attached hydrogen (secondary N) is 1. The summed E-state index contributed by atoms with van der Waals surface area (Å²) in [6, 6.07) is 0. The third-order valence-electron chi connectivity index (χ3n) is 3.01. The molecule has 1 unspecified atom stereocenters. The maximum absolute atomic E-state index is 10.8. The number of nitrogens with zero attached hydrogens (tertiary/aromatic N) is 2. The summed E-state index contributed by atoms with van der Waals surface area (Å²) in [6.45, 7) is 5.75. The molecule has 0 radical (unpaired) electrons. The zero-order chi connectivity index (χ0) is 11.4. The standard InChI is InChI=1S/C11H19N3OS/c1-2-3-11(15,10-13-6-9-16-10)14-7-4-12-5-8-14/h6,9,12,15H,2-5,7-8H2,1H3. The molecular weight excluding hydrogens is 222 g/mol. The SMILES string of the molecule is CCCC(O)(c1nccs1)N1CCNCC1. The highest BCUT2D eigenvalue weighted by Crippen LogP contribution is 2.32. The molecule has 90 valence electrons. The molecule has 1 atom stereocenters. The van der Waals surface area contributed by atoms with Crippen molar-refractivity contribution >= 4 is 11.3 Å². The lowest BCUT2D eigenvalue weighted by Gasteiger charge is -2.40. The Balaban J connectivity index is 2.20. The monoisotopic (exact) mass is 241 g/mol. The molecular formula is C11H19N3OS. The van der Waals surface area contributed by atoms with Gasteiger partial charge in [0.05, 0.1) is 0 Å². The van der Waals surface area contributed by atoms with Gasteiger partial charge in [-0.25, -0.2) is 4.98 Å². The highest BCUT2D eigenvalue weighted by Gasteiger charge is 2.38. The molecule has 2 N–H and O–H groups in total. The number of thiazole rings is 1. The fraction of sp³-hybridized carbons (Fsp3) is 0.727. The average molecular weight is 241 g/mol. The van der Waals surface area contributed by atoms with Crippen LogP contribution in [0.2, 0.25) is 0 Å². The Hall–Kier alpha value is -0.490. The van der Waals surface area contributed by atoms with Crippen LogP contribution >= 0.6 is 11.3 Å². The van der Waals surface area contributed by atoms with Gasteiger partial charge in [-0.1, -0.05) is 13.3 Å². The highest BCUT2D eigenvalue weighted by atomic mass is 32.1. The van der Waals surface area contributed by atoms with Gasteiger partial charge in [0.2, 0.25) is 0 Å². The summed E-state index contributed by atoms with van der Waals surface area (Å²) in [5, 5.41) is 16.9. The Labute approximate surface area is 100 Å². The van der Waals surface area contributed by atoms with Crippen LogP contribution in [-0.4, -0.2) is 41.2 Å². The number of hydrogen-bond donors (Lipinski definition) is 2. The number of aromatic nitrogens is 1. The first kappa shape index (κ1) is 12.0.